The number of benzene rings is 1. The predicted molar refractivity (Wildman–Crippen MR) is 97.4 cm³/mol. The second-order valence-electron chi connectivity index (χ2n) is 5.50. The first-order valence-corrected chi connectivity index (χ1v) is 8.63. The SMILES string of the molecule is CCCN(CCC)c1nccc(C(=O)NCc2ccccc2Cl)n1. The fourth-order valence-corrected chi connectivity index (χ4v) is 2.59. The highest BCUT2D eigenvalue weighted by Gasteiger charge is 2.13. The minimum absolute atomic E-state index is 0.230. The Balaban J connectivity index is 2.07. The summed E-state index contributed by atoms with van der Waals surface area (Å²) in [6.45, 7) is 6.34. The smallest absolute Gasteiger partial charge is 0.270 e. The van der Waals surface area contributed by atoms with Gasteiger partial charge in [0.25, 0.3) is 5.91 Å². The molecule has 0 saturated heterocycles. The van der Waals surface area contributed by atoms with Crippen LogP contribution in [0.2, 0.25) is 5.02 Å². The van der Waals surface area contributed by atoms with E-state index in [4.69, 9.17) is 11.6 Å². The second kappa shape index (κ2) is 9.23. The highest BCUT2D eigenvalue weighted by atomic mass is 35.5. The zero-order valence-corrected chi connectivity index (χ0v) is 14.9. The molecule has 1 aromatic carbocycles. The number of carbonyl (C=O) groups is 1. The molecule has 0 fully saturated rings. The fourth-order valence-electron chi connectivity index (χ4n) is 2.39. The van der Waals surface area contributed by atoms with Crippen LogP contribution in [0.3, 0.4) is 0 Å². The van der Waals surface area contributed by atoms with Crippen molar-refractivity contribution in [2.75, 3.05) is 18.0 Å². The van der Waals surface area contributed by atoms with Crippen molar-refractivity contribution in [3.63, 3.8) is 0 Å². The van der Waals surface area contributed by atoms with Crippen molar-refractivity contribution in [1.29, 1.82) is 0 Å². The molecule has 1 aromatic heterocycles. The molecule has 0 aliphatic rings. The largest absolute Gasteiger partial charge is 0.347 e. The molecule has 24 heavy (non-hydrogen) atoms. The maximum atomic E-state index is 12.4. The summed E-state index contributed by atoms with van der Waals surface area (Å²) in [5, 5.41) is 3.49. The molecule has 0 radical (unpaired) electrons. The lowest BCUT2D eigenvalue weighted by atomic mass is 10.2. The van der Waals surface area contributed by atoms with E-state index in [0.29, 0.717) is 23.2 Å². The minimum Gasteiger partial charge on any atom is -0.347 e. The van der Waals surface area contributed by atoms with Gasteiger partial charge in [-0.25, -0.2) is 9.97 Å². The van der Waals surface area contributed by atoms with Crippen molar-refractivity contribution in [3.05, 3.63) is 52.8 Å². The Bertz CT molecular complexity index is 672. The topological polar surface area (TPSA) is 58.1 Å². The molecular weight excluding hydrogens is 324 g/mol. The average Bonchev–Trinajstić information content (AvgIpc) is 2.61. The van der Waals surface area contributed by atoms with Gasteiger partial charge in [0.05, 0.1) is 0 Å². The molecule has 0 spiro atoms. The number of aromatic nitrogens is 2. The number of anilines is 1. The van der Waals surface area contributed by atoms with E-state index >= 15 is 0 Å². The van der Waals surface area contributed by atoms with Crippen LogP contribution in [0.4, 0.5) is 5.95 Å². The number of carbonyl (C=O) groups excluding carboxylic acids is 1. The molecule has 6 heteroatoms. The molecule has 0 saturated carbocycles. The summed E-state index contributed by atoms with van der Waals surface area (Å²) < 4.78 is 0. The van der Waals surface area contributed by atoms with Crippen molar-refractivity contribution >= 4 is 23.5 Å². The Hall–Kier alpha value is -2.14. The van der Waals surface area contributed by atoms with Gasteiger partial charge >= 0.3 is 0 Å². The molecule has 2 rings (SSSR count). The van der Waals surface area contributed by atoms with Crippen LogP contribution in [0.15, 0.2) is 36.5 Å². The van der Waals surface area contributed by atoms with E-state index in [1.54, 1.807) is 18.3 Å². The van der Waals surface area contributed by atoms with E-state index in [1.807, 2.05) is 18.2 Å². The lowest BCUT2D eigenvalue weighted by molar-refractivity contribution is 0.0946. The highest BCUT2D eigenvalue weighted by molar-refractivity contribution is 6.31. The molecule has 5 nitrogen and oxygen atoms in total. The summed E-state index contributed by atoms with van der Waals surface area (Å²) in [4.78, 5) is 23.2. The minimum atomic E-state index is -0.230. The van der Waals surface area contributed by atoms with Crippen LogP contribution in [0.1, 0.15) is 42.7 Å². The Morgan fingerprint density at radius 1 is 1.17 bits per heavy atom. The first-order valence-electron chi connectivity index (χ1n) is 8.25. The molecule has 0 aliphatic heterocycles. The lowest BCUT2D eigenvalue weighted by Gasteiger charge is -2.21. The molecule has 128 valence electrons. The van der Waals surface area contributed by atoms with E-state index in [2.05, 4.69) is 34.0 Å². The zero-order chi connectivity index (χ0) is 17.4. The standard InChI is InChI=1S/C18H23ClN4O/c1-3-11-23(12-4-2)18-20-10-9-16(22-18)17(24)21-13-14-7-5-6-8-15(14)19/h5-10H,3-4,11-13H2,1-2H3,(H,21,24). The van der Waals surface area contributed by atoms with Gasteiger partial charge in [-0.05, 0) is 30.5 Å². The van der Waals surface area contributed by atoms with Gasteiger partial charge in [-0.1, -0.05) is 43.6 Å². The monoisotopic (exact) mass is 346 g/mol. The Morgan fingerprint density at radius 3 is 2.54 bits per heavy atom. The third kappa shape index (κ3) is 4.93. The molecule has 1 heterocycles. The second-order valence-corrected chi connectivity index (χ2v) is 5.91. The van der Waals surface area contributed by atoms with Crippen LogP contribution in [0.25, 0.3) is 0 Å². The van der Waals surface area contributed by atoms with Crippen LogP contribution in [-0.4, -0.2) is 29.0 Å². The zero-order valence-electron chi connectivity index (χ0n) is 14.1. The van der Waals surface area contributed by atoms with E-state index in [0.717, 1.165) is 31.5 Å². The van der Waals surface area contributed by atoms with Gasteiger partial charge in [-0.15, -0.1) is 0 Å². The number of hydrogen-bond acceptors (Lipinski definition) is 4. The maximum absolute atomic E-state index is 12.4. The third-order valence-electron chi connectivity index (χ3n) is 3.54. The fraction of sp³-hybridized carbons (Fsp3) is 0.389. The van der Waals surface area contributed by atoms with Crippen LogP contribution < -0.4 is 10.2 Å². The predicted octanol–water partition coefficient (Wildman–Crippen LogP) is 3.69. The maximum Gasteiger partial charge on any atom is 0.270 e. The van der Waals surface area contributed by atoms with E-state index in [1.165, 1.54) is 0 Å². The van der Waals surface area contributed by atoms with Gasteiger partial charge in [0.2, 0.25) is 5.95 Å². The molecule has 0 bridgehead atoms. The number of nitrogens with zero attached hydrogens (tertiary/aromatic N) is 3. The van der Waals surface area contributed by atoms with Crippen molar-refractivity contribution in [2.24, 2.45) is 0 Å². The molecule has 0 aliphatic carbocycles. The van der Waals surface area contributed by atoms with Gasteiger partial charge in [0, 0.05) is 30.9 Å². The molecule has 2 aromatic rings. The Kier molecular flexibility index (Phi) is 7.00. The number of rotatable bonds is 8. The molecule has 1 amide bonds. The van der Waals surface area contributed by atoms with E-state index < -0.39 is 0 Å². The van der Waals surface area contributed by atoms with Crippen molar-refractivity contribution in [3.8, 4) is 0 Å². The quantitative estimate of drug-likeness (QED) is 0.792. The van der Waals surface area contributed by atoms with Crippen LogP contribution in [0, 0.1) is 0 Å². The Labute approximate surface area is 148 Å². The first-order chi connectivity index (χ1) is 11.7. The summed E-state index contributed by atoms with van der Waals surface area (Å²) in [5.74, 6) is 0.371. The van der Waals surface area contributed by atoms with Crippen molar-refractivity contribution in [1.82, 2.24) is 15.3 Å². The Morgan fingerprint density at radius 2 is 1.88 bits per heavy atom. The first kappa shape index (κ1) is 18.2. The summed E-state index contributed by atoms with van der Waals surface area (Å²) >= 11 is 6.11. The average molecular weight is 347 g/mol. The molecule has 1 N–H and O–H groups in total. The van der Waals surface area contributed by atoms with Gasteiger partial charge in [-0.2, -0.15) is 0 Å². The summed E-state index contributed by atoms with van der Waals surface area (Å²) in [6, 6.07) is 9.07. The van der Waals surface area contributed by atoms with Gasteiger partial charge in [-0.3, -0.25) is 4.79 Å². The van der Waals surface area contributed by atoms with Crippen LogP contribution in [-0.2, 0) is 6.54 Å². The van der Waals surface area contributed by atoms with Crippen molar-refractivity contribution in [2.45, 2.75) is 33.2 Å². The number of nitrogens with one attached hydrogen (secondary N) is 1. The van der Waals surface area contributed by atoms with Crippen LogP contribution >= 0.6 is 11.6 Å². The van der Waals surface area contributed by atoms with Crippen LogP contribution in [0.5, 0.6) is 0 Å². The normalized spacial score (nSPS) is 10.5. The summed E-state index contributed by atoms with van der Waals surface area (Å²) in [5.41, 5.74) is 1.24. The van der Waals surface area contributed by atoms with E-state index in [9.17, 15) is 4.79 Å². The third-order valence-corrected chi connectivity index (χ3v) is 3.91. The van der Waals surface area contributed by atoms with Gasteiger partial charge in [0.15, 0.2) is 0 Å². The summed E-state index contributed by atoms with van der Waals surface area (Å²) in [7, 11) is 0. The van der Waals surface area contributed by atoms with Gasteiger partial charge in [0.1, 0.15) is 5.69 Å². The number of hydrogen-bond donors (Lipinski definition) is 1. The molecule has 0 unspecified atom stereocenters. The molecule has 0 atom stereocenters. The van der Waals surface area contributed by atoms with Crippen molar-refractivity contribution < 1.29 is 4.79 Å². The number of halogens is 1. The highest BCUT2D eigenvalue weighted by Crippen LogP contribution is 2.15. The van der Waals surface area contributed by atoms with Gasteiger partial charge < -0.3 is 10.2 Å². The van der Waals surface area contributed by atoms with E-state index in [-0.39, 0.29) is 5.91 Å². The number of amides is 1. The molecular formula is C18H23ClN4O. The lowest BCUT2D eigenvalue weighted by Crippen LogP contribution is -2.29. The summed E-state index contributed by atoms with van der Waals surface area (Å²) in [6.07, 6.45) is 3.64.